The lowest BCUT2D eigenvalue weighted by atomic mass is 9.98. The molecule has 12 heteroatoms. The molecular formula is C65H114O12. The molecule has 3 N–H and O–H groups in total. The summed E-state index contributed by atoms with van der Waals surface area (Å²) in [5, 5.41) is 31.5. The van der Waals surface area contributed by atoms with Crippen LogP contribution in [-0.2, 0) is 42.9 Å². The Hall–Kier alpha value is -3.32. The van der Waals surface area contributed by atoms with Gasteiger partial charge < -0.3 is 39.0 Å². The summed E-state index contributed by atoms with van der Waals surface area (Å²) in [4.78, 5) is 51.2. The third-order valence-corrected chi connectivity index (χ3v) is 14.4. The zero-order chi connectivity index (χ0) is 56.1. The van der Waals surface area contributed by atoms with Crippen molar-refractivity contribution in [1.29, 1.82) is 0 Å². The summed E-state index contributed by atoms with van der Waals surface area (Å²) < 4.78 is 28.5. The molecule has 1 fully saturated rings. The quantitative estimate of drug-likeness (QED) is 0.0228. The minimum atomic E-state index is -1.91. The van der Waals surface area contributed by atoms with Crippen LogP contribution in [0.1, 0.15) is 290 Å². The molecule has 77 heavy (non-hydrogen) atoms. The second kappa shape index (κ2) is 53.3. The molecule has 0 aromatic rings. The highest BCUT2D eigenvalue weighted by Gasteiger charge is 2.50. The Labute approximate surface area is 469 Å². The standard InChI is InChI=1S/C65H114O12/c1-4-7-10-13-16-19-22-24-26-28-29-31-32-34-37-39-42-45-48-51-57(66)73-54-56(75-58(67)52-49-46-43-40-36-21-18-15-12-9-6-3)55-74-65-63(61(70)60(69)62(77-65)64(71)72)76-59(68)53-50-47-44-41-38-35-33-30-27-25-23-20-17-14-11-8-5-2/h8,11,15,17-18,20,25,27,56,60-63,65,69-70H,4-7,9-10,12-14,16,19,21-24,26,28-55H2,1-3H3,(H,71,72)/b11-8-,18-15-,20-17-,27-25-. The largest absolute Gasteiger partial charge is 0.479 e. The minimum Gasteiger partial charge on any atom is -0.479 e. The Kier molecular flexibility index (Phi) is 49.7. The molecular weight excluding hydrogens is 973 g/mol. The van der Waals surface area contributed by atoms with Gasteiger partial charge in [-0.15, -0.1) is 0 Å². The van der Waals surface area contributed by atoms with Gasteiger partial charge in [-0.3, -0.25) is 14.4 Å². The van der Waals surface area contributed by atoms with Gasteiger partial charge in [-0.25, -0.2) is 4.79 Å². The number of carbonyl (C=O) groups excluding carboxylic acids is 3. The molecule has 6 atom stereocenters. The number of carboxylic acids is 1. The topological polar surface area (TPSA) is 175 Å². The van der Waals surface area contributed by atoms with Crippen molar-refractivity contribution in [1.82, 2.24) is 0 Å². The molecule has 0 bridgehead atoms. The summed E-state index contributed by atoms with van der Waals surface area (Å²) in [6.45, 7) is 5.87. The summed E-state index contributed by atoms with van der Waals surface area (Å²) in [5.74, 6) is -3.12. The van der Waals surface area contributed by atoms with Crippen LogP contribution in [0.25, 0.3) is 0 Å². The second-order valence-corrected chi connectivity index (χ2v) is 21.7. The minimum absolute atomic E-state index is 0.0499. The van der Waals surface area contributed by atoms with Crippen LogP contribution in [0, 0.1) is 0 Å². The van der Waals surface area contributed by atoms with Crippen LogP contribution >= 0.6 is 0 Å². The maximum absolute atomic E-state index is 13.1. The predicted octanol–water partition coefficient (Wildman–Crippen LogP) is 16.6. The van der Waals surface area contributed by atoms with Crippen molar-refractivity contribution in [2.45, 2.75) is 327 Å². The smallest absolute Gasteiger partial charge is 0.335 e. The average Bonchev–Trinajstić information content (AvgIpc) is 3.42. The summed E-state index contributed by atoms with van der Waals surface area (Å²) in [5.41, 5.74) is 0. The number of esters is 3. The number of unbranched alkanes of at least 4 members (excludes halogenated alkanes) is 32. The van der Waals surface area contributed by atoms with Crippen LogP contribution in [0.5, 0.6) is 0 Å². The highest BCUT2D eigenvalue weighted by Crippen LogP contribution is 2.27. The fourth-order valence-corrected chi connectivity index (χ4v) is 9.54. The monoisotopic (exact) mass is 1090 g/mol. The molecule has 446 valence electrons. The van der Waals surface area contributed by atoms with E-state index in [9.17, 15) is 34.5 Å². The van der Waals surface area contributed by atoms with Crippen molar-refractivity contribution in [3.63, 3.8) is 0 Å². The van der Waals surface area contributed by atoms with Gasteiger partial charge in [-0.2, -0.15) is 0 Å². The zero-order valence-electron chi connectivity index (χ0n) is 49.2. The molecule has 1 saturated heterocycles. The molecule has 6 unspecified atom stereocenters. The molecule has 1 aliphatic heterocycles. The Morgan fingerprint density at radius 1 is 0.442 bits per heavy atom. The van der Waals surface area contributed by atoms with Gasteiger partial charge in [0.2, 0.25) is 0 Å². The van der Waals surface area contributed by atoms with E-state index in [0.29, 0.717) is 19.3 Å². The molecule has 0 spiro atoms. The lowest BCUT2D eigenvalue weighted by molar-refractivity contribution is -0.301. The van der Waals surface area contributed by atoms with E-state index < -0.39 is 67.3 Å². The number of ether oxygens (including phenoxy) is 5. The molecule has 0 aromatic carbocycles. The number of allylic oxidation sites excluding steroid dienone is 8. The lowest BCUT2D eigenvalue weighted by Crippen LogP contribution is -2.61. The molecule has 1 heterocycles. The summed E-state index contributed by atoms with van der Waals surface area (Å²) in [6, 6.07) is 0. The zero-order valence-corrected chi connectivity index (χ0v) is 49.2. The molecule has 0 saturated carbocycles. The van der Waals surface area contributed by atoms with E-state index in [4.69, 9.17) is 23.7 Å². The van der Waals surface area contributed by atoms with E-state index in [0.717, 1.165) is 122 Å². The van der Waals surface area contributed by atoms with Crippen molar-refractivity contribution >= 4 is 23.9 Å². The molecule has 0 aliphatic carbocycles. The van der Waals surface area contributed by atoms with E-state index in [1.807, 2.05) is 0 Å². The van der Waals surface area contributed by atoms with E-state index in [-0.39, 0.29) is 25.9 Å². The summed E-state index contributed by atoms with van der Waals surface area (Å²) >= 11 is 0. The second-order valence-electron chi connectivity index (χ2n) is 21.7. The van der Waals surface area contributed by atoms with E-state index in [2.05, 4.69) is 69.4 Å². The summed E-state index contributed by atoms with van der Waals surface area (Å²) in [6.07, 6.45) is 52.3. The van der Waals surface area contributed by atoms with E-state index in [1.54, 1.807) is 0 Å². The Morgan fingerprint density at radius 2 is 0.831 bits per heavy atom. The Morgan fingerprint density at radius 3 is 1.30 bits per heavy atom. The SMILES string of the molecule is CC/C=C\C/C=C\C/C=C\CCCCCCCCCC(=O)OC1C(OCC(COC(=O)CCCCCCCCCCCCCCCCCCCCC)OC(=O)CCCCCCC/C=C\CCCC)OC(C(=O)O)C(O)C1O. The average molecular weight is 1090 g/mol. The Balaban J connectivity index is 2.62. The maximum Gasteiger partial charge on any atom is 0.335 e. The molecule has 1 aliphatic rings. The first kappa shape index (κ1) is 71.7. The Bertz CT molecular complexity index is 1520. The van der Waals surface area contributed by atoms with E-state index >= 15 is 0 Å². The van der Waals surface area contributed by atoms with Crippen LogP contribution in [0.4, 0.5) is 0 Å². The van der Waals surface area contributed by atoms with Crippen LogP contribution in [-0.4, -0.2) is 89.2 Å². The first-order valence-electron chi connectivity index (χ1n) is 31.6. The number of aliphatic hydroxyl groups excluding tert-OH is 2. The van der Waals surface area contributed by atoms with Gasteiger partial charge in [0.15, 0.2) is 24.6 Å². The molecule has 0 aromatic heterocycles. The molecule has 12 nitrogen and oxygen atoms in total. The normalized spacial score (nSPS) is 18.3. The third-order valence-electron chi connectivity index (χ3n) is 14.4. The van der Waals surface area contributed by atoms with Crippen molar-refractivity contribution in [2.75, 3.05) is 13.2 Å². The van der Waals surface area contributed by atoms with Crippen molar-refractivity contribution in [3.05, 3.63) is 48.6 Å². The number of hydrogen-bond acceptors (Lipinski definition) is 11. The van der Waals surface area contributed by atoms with Gasteiger partial charge in [0.25, 0.3) is 0 Å². The van der Waals surface area contributed by atoms with Gasteiger partial charge in [0, 0.05) is 19.3 Å². The van der Waals surface area contributed by atoms with Gasteiger partial charge in [0.05, 0.1) is 6.61 Å². The third kappa shape index (κ3) is 43.2. The maximum atomic E-state index is 13.1. The summed E-state index contributed by atoms with van der Waals surface area (Å²) in [7, 11) is 0. The fourth-order valence-electron chi connectivity index (χ4n) is 9.54. The number of carbonyl (C=O) groups is 4. The molecule has 1 rings (SSSR count). The van der Waals surface area contributed by atoms with Crippen LogP contribution in [0.2, 0.25) is 0 Å². The number of aliphatic hydroxyl groups is 2. The first-order chi connectivity index (χ1) is 37.6. The number of aliphatic carboxylic acids is 1. The van der Waals surface area contributed by atoms with Crippen LogP contribution in [0.15, 0.2) is 48.6 Å². The van der Waals surface area contributed by atoms with E-state index in [1.165, 1.54) is 109 Å². The highest BCUT2D eigenvalue weighted by molar-refractivity contribution is 5.74. The number of hydrogen-bond donors (Lipinski definition) is 3. The molecule has 0 radical (unpaired) electrons. The van der Waals surface area contributed by atoms with Gasteiger partial charge in [0.1, 0.15) is 18.8 Å². The predicted molar refractivity (Wildman–Crippen MR) is 312 cm³/mol. The van der Waals surface area contributed by atoms with Crippen LogP contribution < -0.4 is 0 Å². The van der Waals surface area contributed by atoms with Crippen molar-refractivity contribution in [2.24, 2.45) is 0 Å². The van der Waals surface area contributed by atoms with Gasteiger partial charge in [-0.05, 0) is 70.6 Å². The van der Waals surface area contributed by atoms with Crippen molar-refractivity contribution in [3.8, 4) is 0 Å². The number of carboxylic acid groups (broad SMARTS) is 1. The fraction of sp³-hybridized carbons (Fsp3) is 0.815. The van der Waals surface area contributed by atoms with Crippen LogP contribution in [0.3, 0.4) is 0 Å². The molecule has 0 amide bonds. The van der Waals surface area contributed by atoms with Gasteiger partial charge >= 0.3 is 23.9 Å². The lowest BCUT2D eigenvalue weighted by Gasteiger charge is -2.40. The highest BCUT2D eigenvalue weighted by atomic mass is 16.7. The van der Waals surface area contributed by atoms with Gasteiger partial charge in [-0.1, -0.05) is 249 Å². The van der Waals surface area contributed by atoms with Crippen molar-refractivity contribution < 1.29 is 58.2 Å². The first-order valence-corrected chi connectivity index (χ1v) is 31.6. The number of rotatable bonds is 54.